The summed E-state index contributed by atoms with van der Waals surface area (Å²) >= 11 is 0. The Morgan fingerprint density at radius 3 is 2.53 bits per heavy atom. The number of nitrogens with zero attached hydrogens (tertiary/aromatic N) is 4. The molecule has 2 fully saturated rings. The summed E-state index contributed by atoms with van der Waals surface area (Å²) in [5, 5.41) is 6.96. The van der Waals surface area contributed by atoms with Crippen molar-refractivity contribution in [3.63, 3.8) is 0 Å². The summed E-state index contributed by atoms with van der Waals surface area (Å²) in [5.41, 5.74) is 1.00. The molecule has 0 aliphatic carbocycles. The highest BCUT2D eigenvalue weighted by Gasteiger charge is 2.21. The zero-order valence-electron chi connectivity index (χ0n) is 19.2. The first-order chi connectivity index (χ1) is 14.5. The Balaban J connectivity index is 1.39. The van der Waals surface area contributed by atoms with Gasteiger partial charge < -0.3 is 19.8 Å². The molecule has 2 N–H and O–H groups in total. The standard InChI is InChI=1S/C22H40N6O2/c1-5-23-22(24-14-17(2)28-10-12-29-13-11-28)25-15-20-6-8-27(9-7-20)16-21-26-18(3)19(4)30-21/h17,20H,5-16H2,1-4H3,(H2,23,24,25). The van der Waals surface area contributed by atoms with Gasteiger partial charge in [0.2, 0.25) is 5.89 Å². The number of oxazole rings is 1. The van der Waals surface area contributed by atoms with Crippen LogP contribution >= 0.6 is 0 Å². The van der Waals surface area contributed by atoms with Crippen molar-refractivity contribution in [3.8, 4) is 0 Å². The molecule has 0 aromatic carbocycles. The van der Waals surface area contributed by atoms with Crippen molar-refractivity contribution < 1.29 is 9.15 Å². The van der Waals surface area contributed by atoms with Crippen LogP contribution in [0.4, 0.5) is 0 Å². The Morgan fingerprint density at radius 1 is 1.17 bits per heavy atom. The van der Waals surface area contributed by atoms with Crippen LogP contribution in [0.3, 0.4) is 0 Å². The Bertz CT molecular complexity index is 643. The molecule has 2 aliphatic heterocycles. The van der Waals surface area contributed by atoms with Crippen molar-refractivity contribution >= 4 is 5.96 Å². The highest BCUT2D eigenvalue weighted by molar-refractivity contribution is 5.79. The molecule has 0 saturated carbocycles. The first-order valence-corrected chi connectivity index (χ1v) is 11.5. The number of guanidine groups is 1. The minimum atomic E-state index is 0.440. The Morgan fingerprint density at radius 2 is 1.90 bits per heavy atom. The van der Waals surface area contributed by atoms with Crippen LogP contribution in [-0.4, -0.2) is 85.8 Å². The van der Waals surface area contributed by atoms with Crippen LogP contribution in [0, 0.1) is 19.8 Å². The lowest BCUT2D eigenvalue weighted by atomic mass is 9.97. The Hall–Kier alpha value is -1.64. The second kappa shape index (κ2) is 11.7. The van der Waals surface area contributed by atoms with E-state index in [0.29, 0.717) is 12.0 Å². The molecule has 8 nitrogen and oxygen atoms in total. The molecule has 3 heterocycles. The van der Waals surface area contributed by atoms with Crippen LogP contribution in [0.25, 0.3) is 0 Å². The molecule has 0 bridgehead atoms. The molecule has 1 atom stereocenters. The predicted molar refractivity (Wildman–Crippen MR) is 120 cm³/mol. The van der Waals surface area contributed by atoms with Gasteiger partial charge in [0.05, 0.1) is 32.0 Å². The molecule has 0 radical (unpaired) electrons. The summed E-state index contributed by atoms with van der Waals surface area (Å²) in [6.07, 6.45) is 2.38. The van der Waals surface area contributed by atoms with Gasteiger partial charge in [-0.05, 0) is 59.5 Å². The van der Waals surface area contributed by atoms with Crippen LogP contribution in [-0.2, 0) is 11.3 Å². The largest absolute Gasteiger partial charge is 0.444 e. The van der Waals surface area contributed by atoms with Gasteiger partial charge in [0, 0.05) is 32.2 Å². The third kappa shape index (κ3) is 6.96. The highest BCUT2D eigenvalue weighted by atomic mass is 16.5. The SMILES string of the molecule is CCNC(=NCC(C)N1CCOCC1)NCC1CCN(Cc2nc(C)c(C)o2)CC1. The summed E-state index contributed by atoms with van der Waals surface area (Å²) in [7, 11) is 0. The van der Waals surface area contributed by atoms with Gasteiger partial charge in [-0.25, -0.2) is 4.98 Å². The number of aromatic nitrogens is 1. The summed E-state index contributed by atoms with van der Waals surface area (Å²) in [5.74, 6) is 3.39. The maximum atomic E-state index is 5.74. The smallest absolute Gasteiger partial charge is 0.208 e. The lowest BCUT2D eigenvalue weighted by Gasteiger charge is -2.32. The normalized spacial score (nSPS) is 21.0. The van der Waals surface area contributed by atoms with Crippen molar-refractivity contribution in [1.29, 1.82) is 0 Å². The summed E-state index contributed by atoms with van der Waals surface area (Å²) < 4.78 is 11.2. The van der Waals surface area contributed by atoms with Gasteiger partial charge in [-0.15, -0.1) is 0 Å². The second-order valence-electron chi connectivity index (χ2n) is 8.57. The van der Waals surface area contributed by atoms with E-state index in [1.165, 1.54) is 12.8 Å². The molecule has 30 heavy (non-hydrogen) atoms. The van der Waals surface area contributed by atoms with Crippen molar-refractivity contribution in [2.24, 2.45) is 10.9 Å². The fourth-order valence-corrected chi connectivity index (χ4v) is 4.09. The van der Waals surface area contributed by atoms with Gasteiger partial charge in [-0.3, -0.25) is 14.8 Å². The number of hydrogen-bond donors (Lipinski definition) is 2. The number of nitrogens with one attached hydrogen (secondary N) is 2. The van der Waals surface area contributed by atoms with Crippen molar-refractivity contribution in [3.05, 3.63) is 17.3 Å². The van der Waals surface area contributed by atoms with Crippen molar-refractivity contribution in [2.45, 2.75) is 53.1 Å². The van der Waals surface area contributed by atoms with Gasteiger partial charge in [0.1, 0.15) is 5.76 Å². The Kier molecular flexibility index (Phi) is 8.96. The van der Waals surface area contributed by atoms with Crippen LogP contribution in [0.1, 0.15) is 44.0 Å². The van der Waals surface area contributed by atoms with E-state index >= 15 is 0 Å². The third-order valence-electron chi connectivity index (χ3n) is 6.22. The number of morpholine rings is 1. The van der Waals surface area contributed by atoms with E-state index in [4.69, 9.17) is 14.1 Å². The van der Waals surface area contributed by atoms with E-state index in [2.05, 4.69) is 39.3 Å². The van der Waals surface area contributed by atoms with Gasteiger partial charge in [-0.1, -0.05) is 0 Å². The van der Waals surface area contributed by atoms with E-state index < -0.39 is 0 Å². The summed E-state index contributed by atoms with van der Waals surface area (Å²) in [6.45, 7) is 17.7. The number of piperidine rings is 1. The van der Waals surface area contributed by atoms with E-state index in [-0.39, 0.29) is 0 Å². The average molecular weight is 421 g/mol. The van der Waals surface area contributed by atoms with Crippen molar-refractivity contribution in [1.82, 2.24) is 25.4 Å². The fraction of sp³-hybridized carbons (Fsp3) is 0.818. The van der Waals surface area contributed by atoms with E-state index in [9.17, 15) is 0 Å². The first-order valence-electron chi connectivity index (χ1n) is 11.5. The monoisotopic (exact) mass is 420 g/mol. The van der Waals surface area contributed by atoms with E-state index in [0.717, 1.165) is 88.9 Å². The minimum absolute atomic E-state index is 0.440. The molecule has 1 unspecified atom stereocenters. The lowest BCUT2D eigenvalue weighted by molar-refractivity contribution is 0.0220. The second-order valence-corrected chi connectivity index (χ2v) is 8.57. The lowest BCUT2D eigenvalue weighted by Crippen LogP contribution is -2.45. The van der Waals surface area contributed by atoms with Gasteiger partial charge in [-0.2, -0.15) is 0 Å². The number of aryl methyl sites for hydroxylation is 2. The van der Waals surface area contributed by atoms with E-state index in [1.807, 2.05) is 13.8 Å². The molecule has 1 aromatic rings. The molecular formula is C22H40N6O2. The molecule has 0 spiro atoms. The summed E-state index contributed by atoms with van der Waals surface area (Å²) in [6, 6.07) is 0.440. The number of rotatable bonds is 8. The molecule has 8 heteroatoms. The molecular weight excluding hydrogens is 380 g/mol. The maximum Gasteiger partial charge on any atom is 0.208 e. The molecule has 0 amide bonds. The van der Waals surface area contributed by atoms with Crippen LogP contribution < -0.4 is 10.6 Å². The number of aliphatic imine (C=N–C) groups is 1. The van der Waals surface area contributed by atoms with Gasteiger partial charge in [0.15, 0.2) is 5.96 Å². The molecule has 3 rings (SSSR count). The highest BCUT2D eigenvalue weighted by Crippen LogP contribution is 2.19. The van der Waals surface area contributed by atoms with Gasteiger partial charge in [0.25, 0.3) is 0 Å². The maximum absolute atomic E-state index is 5.74. The molecule has 2 aliphatic rings. The van der Waals surface area contributed by atoms with Crippen LogP contribution in [0.2, 0.25) is 0 Å². The predicted octanol–water partition coefficient (Wildman–Crippen LogP) is 1.78. The fourth-order valence-electron chi connectivity index (χ4n) is 4.09. The average Bonchev–Trinajstić information content (AvgIpc) is 3.08. The number of hydrogen-bond acceptors (Lipinski definition) is 6. The molecule has 170 valence electrons. The van der Waals surface area contributed by atoms with Crippen LogP contribution in [0.15, 0.2) is 9.41 Å². The summed E-state index contributed by atoms with van der Waals surface area (Å²) in [4.78, 5) is 14.3. The quantitative estimate of drug-likeness (QED) is 0.490. The number of ether oxygens (including phenoxy) is 1. The Labute approximate surface area is 181 Å². The van der Waals surface area contributed by atoms with Crippen molar-refractivity contribution in [2.75, 3.05) is 59.0 Å². The number of likely N-dealkylation sites (tertiary alicyclic amines) is 1. The van der Waals surface area contributed by atoms with E-state index in [1.54, 1.807) is 0 Å². The first kappa shape index (κ1) is 23.0. The van der Waals surface area contributed by atoms with Gasteiger partial charge >= 0.3 is 0 Å². The molecule has 2 saturated heterocycles. The third-order valence-corrected chi connectivity index (χ3v) is 6.22. The zero-order valence-corrected chi connectivity index (χ0v) is 19.2. The topological polar surface area (TPSA) is 78.2 Å². The zero-order chi connectivity index (χ0) is 21.3. The minimum Gasteiger partial charge on any atom is -0.444 e. The molecule has 1 aromatic heterocycles. The van der Waals surface area contributed by atoms with Crippen LogP contribution in [0.5, 0.6) is 0 Å².